The van der Waals surface area contributed by atoms with Crippen molar-refractivity contribution < 1.29 is 19.8 Å². The zero-order valence-electron chi connectivity index (χ0n) is 10.2. The van der Waals surface area contributed by atoms with Gasteiger partial charge < -0.3 is 15.5 Å². The van der Waals surface area contributed by atoms with Gasteiger partial charge in [0.15, 0.2) is 0 Å². The summed E-state index contributed by atoms with van der Waals surface area (Å²) in [6.45, 7) is 1.76. The van der Waals surface area contributed by atoms with Gasteiger partial charge in [0.25, 0.3) is 0 Å². The normalized spacial score (nSPS) is 11.8. The number of carboxylic acids is 1. The number of rotatable bonds is 6. The fourth-order valence-corrected chi connectivity index (χ4v) is 1.57. The van der Waals surface area contributed by atoms with Crippen LogP contribution in [-0.4, -0.2) is 28.1 Å². The van der Waals surface area contributed by atoms with E-state index in [1.165, 1.54) is 6.07 Å². The zero-order valence-corrected chi connectivity index (χ0v) is 10.2. The second kappa shape index (κ2) is 6.64. The Hall–Kier alpha value is -2.04. The van der Waals surface area contributed by atoms with E-state index in [0.717, 1.165) is 0 Å². The maximum atomic E-state index is 11.7. The van der Waals surface area contributed by atoms with Crippen molar-refractivity contribution in [1.82, 2.24) is 5.32 Å². The number of phenols is 1. The number of hydrogen-bond donors (Lipinski definition) is 3. The lowest BCUT2D eigenvalue weighted by Crippen LogP contribution is -2.34. The lowest BCUT2D eigenvalue weighted by atomic mass is 10.1. The third-order valence-corrected chi connectivity index (χ3v) is 2.54. The lowest BCUT2D eigenvalue weighted by molar-refractivity contribution is -0.137. The maximum absolute atomic E-state index is 11.7. The van der Waals surface area contributed by atoms with Gasteiger partial charge in [-0.25, -0.2) is 0 Å². The SMILES string of the molecule is CC(CCC(=O)O)NC(=O)Cc1ccccc1O. The molecule has 0 bridgehead atoms. The Bertz CT molecular complexity index is 431. The van der Waals surface area contributed by atoms with Crippen LogP contribution < -0.4 is 5.32 Å². The van der Waals surface area contributed by atoms with Crippen LogP contribution >= 0.6 is 0 Å². The summed E-state index contributed by atoms with van der Waals surface area (Å²) < 4.78 is 0. The van der Waals surface area contributed by atoms with Crippen molar-refractivity contribution in [3.63, 3.8) is 0 Å². The summed E-state index contributed by atoms with van der Waals surface area (Å²) in [4.78, 5) is 22.0. The number of carboxylic acid groups (broad SMARTS) is 1. The van der Waals surface area contributed by atoms with Gasteiger partial charge in [0.1, 0.15) is 5.75 Å². The third kappa shape index (κ3) is 4.86. The number of aromatic hydroxyl groups is 1. The average molecular weight is 251 g/mol. The number of nitrogens with one attached hydrogen (secondary N) is 1. The first-order valence-corrected chi connectivity index (χ1v) is 5.77. The summed E-state index contributed by atoms with van der Waals surface area (Å²) >= 11 is 0. The van der Waals surface area contributed by atoms with Crippen molar-refractivity contribution in [1.29, 1.82) is 0 Å². The van der Waals surface area contributed by atoms with Gasteiger partial charge in [0.05, 0.1) is 6.42 Å². The standard InChI is InChI=1S/C13H17NO4/c1-9(6-7-13(17)18)14-12(16)8-10-4-2-3-5-11(10)15/h2-5,9,15H,6-8H2,1H3,(H,14,16)(H,17,18). The number of aliphatic carboxylic acids is 1. The Morgan fingerprint density at radius 1 is 1.33 bits per heavy atom. The number of para-hydroxylation sites is 1. The summed E-state index contributed by atoms with van der Waals surface area (Å²) in [5, 5.41) is 20.7. The summed E-state index contributed by atoms with van der Waals surface area (Å²) in [5.74, 6) is -1.02. The molecule has 1 atom stereocenters. The molecule has 0 heterocycles. The van der Waals surface area contributed by atoms with E-state index in [1.807, 2.05) is 0 Å². The molecule has 18 heavy (non-hydrogen) atoms. The number of hydrogen-bond acceptors (Lipinski definition) is 3. The largest absolute Gasteiger partial charge is 0.508 e. The molecular weight excluding hydrogens is 234 g/mol. The minimum absolute atomic E-state index is 0.0258. The van der Waals surface area contributed by atoms with Crippen LogP contribution in [0, 0.1) is 0 Å². The Labute approximate surface area is 105 Å². The summed E-state index contributed by atoms with van der Waals surface area (Å²) in [6.07, 6.45) is 0.504. The number of carbonyl (C=O) groups excluding carboxylic acids is 1. The van der Waals surface area contributed by atoms with E-state index in [2.05, 4.69) is 5.32 Å². The number of benzene rings is 1. The molecule has 0 saturated heterocycles. The Morgan fingerprint density at radius 2 is 2.00 bits per heavy atom. The first kappa shape index (κ1) is 14.0. The van der Waals surface area contributed by atoms with Crippen LogP contribution in [0.5, 0.6) is 5.75 Å². The second-order valence-corrected chi connectivity index (χ2v) is 4.21. The summed E-state index contributed by atoms with van der Waals surface area (Å²) in [5.41, 5.74) is 0.556. The van der Waals surface area contributed by atoms with Crippen LogP contribution in [0.2, 0.25) is 0 Å². The molecule has 1 unspecified atom stereocenters. The first-order chi connectivity index (χ1) is 8.49. The summed E-state index contributed by atoms with van der Waals surface area (Å²) in [6, 6.07) is 6.44. The minimum atomic E-state index is -0.878. The highest BCUT2D eigenvalue weighted by atomic mass is 16.4. The fraction of sp³-hybridized carbons (Fsp3) is 0.385. The molecule has 1 rings (SSSR count). The molecule has 0 saturated carbocycles. The molecule has 5 nitrogen and oxygen atoms in total. The van der Waals surface area contributed by atoms with E-state index >= 15 is 0 Å². The maximum Gasteiger partial charge on any atom is 0.303 e. The minimum Gasteiger partial charge on any atom is -0.508 e. The smallest absolute Gasteiger partial charge is 0.303 e. The van der Waals surface area contributed by atoms with Crippen LogP contribution in [0.3, 0.4) is 0 Å². The molecule has 98 valence electrons. The second-order valence-electron chi connectivity index (χ2n) is 4.21. The van der Waals surface area contributed by atoms with E-state index in [-0.39, 0.29) is 30.5 Å². The van der Waals surface area contributed by atoms with Gasteiger partial charge >= 0.3 is 5.97 Å². The highest BCUT2D eigenvalue weighted by molar-refractivity contribution is 5.79. The van der Waals surface area contributed by atoms with Gasteiger partial charge in [-0.2, -0.15) is 0 Å². The topological polar surface area (TPSA) is 86.6 Å². The van der Waals surface area contributed by atoms with Gasteiger partial charge in [-0.05, 0) is 19.4 Å². The highest BCUT2D eigenvalue weighted by Crippen LogP contribution is 2.15. The Balaban J connectivity index is 2.42. The Kier molecular flexibility index (Phi) is 5.17. The first-order valence-electron chi connectivity index (χ1n) is 5.77. The monoisotopic (exact) mass is 251 g/mol. The molecule has 1 amide bonds. The van der Waals surface area contributed by atoms with E-state index < -0.39 is 5.97 Å². The average Bonchev–Trinajstić information content (AvgIpc) is 2.29. The van der Waals surface area contributed by atoms with E-state index in [1.54, 1.807) is 25.1 Å². The van der Waals surface area contributed by atoms with E-state index in [9.17, 15) is 14.7 Å². The molecule has 1 aromatic rings. The summed E-state index contributed by atoms with van der Waals surface area (Å²) in [7, 11) is 0. The molecular formula is C13H17NO4. The van der Waals surface area contributed by atoms with Gasteiger partial charge in [0, 0.05) is 18.0 Å². The van der Waals surface area contributed by atoms with Crippen LogP contribution in [0.15, 0.2) is 24.3 Å². The van der Waals surface area contributed by atoms with E-state index in [4.69, 9.17) is 5.11 Å². The van der Waals surface area contributed by atoms with Gasteiger partial charge in [0.2, 0.25) is 5.91 Å². The predicted molar refractivity (Wildman–Crippen MR) is 66.3 cm³/mol. The lowest BCUT2D eigenvalue weighted by Gasteiger charge is -2.13. The van der Waals surface area contributed by atoms with Crippen LogP contribution in [0.1, 0.15) is 25.3 Å². The fourth-order valence-electron chi connectivity index (χ4n) is 1.57. The molecule has 0 radical (unpaired) electrons. The van der Waals surface area contributed by atoms with Crippen molar-refractivity contribution in [2.24, 2.45) is 0 Å². The van der Waals surface area contributed by atoms with Crippen molar-refractivity contribution in [3.05, 3.63) is 29.8 Å². The molecule has 0 aromatic heterocycles. The molecule has 3 N–H and O–H groups in total. The number of amides is 1. The molecule has 1 aromatic carbocycles. The van der Waals surface area contributed by atoms with Crippen LogP contribution in [0.25, 0.3) is 0 Å². The molecule has 0 spiro atoms. The third-order valence-electron chi connectivity index (χ3n) is 2.54. The molecule has 0 aliphatic rings. The van der Waals surface area contributed by atoms with Gasteiger partial charge in [-0.3, -0.25) is 9.59 Å². The molecule has 0 aliphatic heterocycles. The van der Waals surface area contributed by atoms with Crippen molar-refractivity contribution in [2.45, 2.75) is 32.2 Å². The van der Waals surface area contributed by atoms with Crippen LogP contribution in [-0.2, 0) is 16.0 Å². The van der Waals surface area contributed by atoms with Crippen LogP contribution in [0.4, 0.5) is 0 Å². The van der Waals surface area contributed by atoms with Gasteiger partial charge in [-0.1, -0.05) is 18.2 Å². The molecule has 5 heteroatoms. The quantitative estimate of drug-likeness (QED) is 0.711. The highest BCUT2D eigenvalue weighted by Gasteiger charge is 2.11. The van der Waals surface area contributed by atoms with Crippen molar-refractivity contribution in [3.8, 4) is 5.75 Å². The number of phenolic OH excluding ortho intramolecular Hbond substituents is 1. The van der Waals surface area contributed by atoms with Crippen molar-refractivity contribution >= 4 is 11.9 Å². The Morgan fingerprint density at radius 3 is 2.61 bits per heavy atom. The zero-order chi connectivity index (χ0) is 13.5. The number of carbonyl (C=O) groups is 2. The molecule has 0 fully saturated rings. The van der Waals surface area contributed by atoms with Crippen molar-refractivity contribution in [2.75, 3.05) is 0 Å². The van der Waals surface area contributed by atoms with Gasteiger partial charge in [-0.15, -0.1) is 0 Å². The predicted octanol–water partition coefficient (Wildman–Crippen LogP) is 1.30. The molecule has 0 aliphatic carbocycles. The van der Waals surface area contributed by atoms with E-state index in [0.29, 0.717) is 12.0 Å².